The Morgan fingerprint density at radius 2 is 1.60 bits per heavy atom. The number of anilines is 1. The largest absolute Gasteiger partial charge is 0.441 e. The van der Waals surface area contributed by atoms with E-state index in [9.17, 15) is 22.8 Å². The number of fused-ring (bicyclic) bond motifs is 2. The van der Waals surface area contributed by atoms with Crippen LogP contribution in [0.15, 0.2) is 66.7 Å². The molecule has 0 spiro atoms. The topological polar surface area (TPSA) is 85.9 Å². The van der Waals surface area contributed by atoms with E-state index in [1.807, 2.05) is 36.4 Å². The zero-order chi connectivity index (χ0) is 24.6. The molecule has 2 aliphatic heterocycles. The van der Waals surface area contributed by atoms with Crippen LogP contribution in [0.1, 0.15) is 15.9 Å². The van der Waals surface area contributed by atoms with Crippen molar-refractivity contribution < 1.29 is 37.0 Å². The summed E-state index contributed by atoms with van der Waals surface area (Å²) < 4.78 is 55.2. The first-order valence-electron chi connectivity index (χ1n) is 11.0. The molecule has 2 amide bonds. The van der Waals surface area contributed by atoms with E-state index in [1.165, 1.54) is 0 Å². The lowest BCUT2D eigenvalue weighted by Gasteiger charge is -2.18. The number of benzene rings is 3. The molecule has 0 saturated carbocycles. The van der Waals surface area contributed by atoms with Crippen LogP contribution in [-0.2, 0) is 20.4 Å². The summed E-state index contributed by atoms with van der Waals surface area (Å²) in [5.41, 5.74) is -0.140. The van der Waals surface area contributed by atoms with Gasteiger partial charge >= 0.3 is 12.3 Å². The Morgan fingerprint density at radius 3 is 2.37 bits per heavy atom. The van der Waals surface area contributed by atoms with E-state index in [0.717, 1.165) is 35.0 Å². The second kappa shape index (κ2) is 9.20. The maximum Gasteiger partial charge on any atom is 0.416 e. The number of carbonyl (C=O) groups excluding carboxylic acids is 2. The van der Waals surface area contributed by atoms with Crippen molar-refractivity contribution in [2.24, 2.45) is 0 Å². The van der Waals surface area contributed by atoms with Crippen LogP contribution >= 0.6 is 0 Å². The SMILES string of the molecule is O=C(Nc1cccc2ccccc12)OC1COC2C(NC(=O)c3ccc(C(F)(F)F)cc3)COC12. The van der Waals surface area contributed by atoms with E-state index < -0.39 is 48.1 Å². The van der Waals surface area contributed by atoms with Gasteiger partial charge in [-0.1, -0.05) is 36.4 Å². The molecular weight excluding hydrogens is 465 g/mol. The highest BCUT2D eigenvalue weighted by molar-refractivity contribution is 6.00. The Balaban J connectivity index is 1.18. The van der Waals surface area contributed by atoms with E-state index in [2.05, 4.69) is 10.6 Å². The molecule has 4 atom stereocenters. The van der Waals surface area contributed by atoms with E-state index in [0.29, 0.717) is 5.69 Å². The van der Waals surface area contributed by atoms with Crippen LogP contribution < -0.4 is 10.6 Å². The van der Waals surface area contributed by atoms with Crippen molar-refractivity contribution in [1.29, 1.82) is 0 Å². The number of rotatable bonds is 4. The Morgan fingerprint density at radius 1 is 0.886 bits per heavy atom. The molecule has 2 fully saturated rings. The fourth-order valence-corrected chi connectivity index (χ4v) is 4.36. The van der Waals surface area contributed by atoms with Crippen LogP contribution in [0.4, 0.5) is 23.7 Å². The molecule has 5 rings (SSSR count). The molecule has 4 unspecified atom stereocenters. The van der Waals surface area contributed by atoms with Crippen molar-refractivity contribution in [1.82, 2.24) is 5.32 Å². The standard InChI is InChI=1S/C25H21F3N2O5/c26-25(27,28)16-10-8-15(9-11-16)23(31)29-19-12-33-22-20(13-34-21(19)22)35-24(32)30-18-7-3-5-14-4-1-2-6-17(14)18/h1-11,19-22H,12-13H2,(H,29,31)(H,30,32). The summed E-state index contributed by atoms with van der Waals surface area (Å²) in [5.74, 6) is -0.547. The summed E-state index contributed by atoms with van der Waals surface area (Å²) in [6.07, 6.45) is -6.94. The summed E-state index contributed by atoms with van der Waals surface area (Å²) in [6, 6.07) is 16.6. The maximum absolute atomic E-state index is 12.7. The van der Waals surface area contributed by atoms with Crippen LogP contribution in [0.2, 0.25) is 0 Å². The molecule has 182 valence electrons. The van der Waals surface area contributed by atoms with Crippen molar-refractivity contribution in [2.75, 3.05) is 18.5 Å². The van der Waals surface area contributed by atoms with Gasteiger partial charge < -0.3 is 19.5 Å². The van der Waals surface area contributed by atoms with Gasteiger partial charge in [0.15, 0.2) is 6.10 Å². The van der Waals surface area contributed by atoms with Gasteiger partial charge in [-0.05, 0) is 35.7 Å². The lowest BCUT2D eigenvalue weighted by Crippen LogP contribution is -2.44. The first-order valence-corrected chi connectivity index (χ1v) is 11.0. The van der Waals surface area contributed by atoms with Crippen LogP contribution in [0.3, 0.4) is 0 Å². The minimum Gasteiger partial charge on any atom is -0.441 e. The van der Waals surface area contributed by atoms with Crippen molar-refractivity contribution in [2.45, 2.75) is 30.5 Å². The normalized spacial score (nSPS) is 23.6. The molecule has 2 saturated heterocycles. The molecule has 3 aromatic carbocycles. The minimum absolute atomic E-state index is 0.0849. The maximum atomic E-state index is 12.7. The number of amides is 2. The van der Waals surface area contributed by atoms with Crippen LogP contribution in [0.25, 0.3) is 10.8 Å². The predicted molar refractivity (Wildman–Crippen MR) is 120 cm³/mol. The monoisotopic (exact) mass is 486 g/mol. The van der Waals surface area contributed by atoms with E-state index in [-0.39, 0.29) is 18.8 Å². The first kappa shape index (κ1) is 23.1. The Bertz CT molecular complexity index is 1240. The second-order valence-electron chi connectivity index (χ2n) is 8.35. The quantitative estimate of drug-likeness (QED) is 0.572. The van der Waals surface area contributed by atoms with Gasteiger partial charge in [-0.3, -0.25) is 10.1 Å². The van der Waals surface area contributed by atoms with E-state index in [4.69, 9.17) is 14.2 Å². The molecule has 0 aromatic heterocycles. The van der Waals surface area contributed by atoms with Gasteiger partial charge in [-0.15, -0.1) is 0 Å². The van der Waals surface area contributed by atoms with Gasteiger partial charge in [0.1, 0.15) is 12.2 Å². The zero-order valence-electron chi connectivity index (χ0n) is 18.2. The molecular formula is C25H21F3N2O5. The number of nitrogens with one attached hydrogen (secondary N) is 2. The first-order chi connectivity index (χ1) is 16.8. The highest BCUT2D eigenvalue weighted by Gasteiger charge is 2.50. The van der Waals surface area contributed by atoms with Gasteiger partial charge in [0.25, 0.3) is 5.91 Å². The highest BCUT2D eigenvalue weighted by atomic mass is 19.4. The molecule has 0 radical (unpaired) electrons. The molecule has 2 N–H and O–H groups in total. The summed E-state index contributed by atoms with van der Waals surface area (Å²) in [7, 11) is 0. The summed E-state index contributed by atoms with van der Waals surface area (Å²) >= 11 is 0. The van der Waals surface area contributed by atoms with Crippen molar-refractivity contribution in [3.8, 4) is 0 Å². The average Bonchev–Trinajstić information content (AvgIpc) is 3.42. The molecule has 2 heterocycles. The smallest absolute Gasteiger partial charge is 0.416 e. The Kier molecular flexibility index (Phi) is 6.08. The van der Waals surface area contributed by atoms with Gasteiger partial charge in [0.05, 0.1) is 30.5 Å². The van der Waals surface area contributed by atoms with Gasteiger partial charge in [0.2, 0.25) is 0 Å². The Hall–Kier alpha value is -3.63. The second-order valence-corrected chi connectivity index (χ2v) is 8.35. The fraction of sp³-hybridized carbons (Fsp3) is 0.280. The highest BCUT2D eigenvalue weighted by Crippen LogP contribution is 2.31. The van der Waals surface area contributed by atoms with Gasteiger partial charge in [-0.2, -0.15) is 13.2 Å². The number of hydrogen-bond acceptors (Lipinski definition) is 5. The molecule has 35 heavy (non-hydrogen) atoms. The van der Waals surface area contributed by atoms with Crippen LogP contribution in [0, 0.1) is 0 Å². The summed E-state index contributed by atoms with van der Waals surface area (Å²) in [5, 5.41) is 7.33. The number of halogens is 3. The van der Waals surface area contributed by atoms with E-state index >= 15 is 0 Å². The fourth-order valence-electron chi connectivity index (χ4n) is 4.36. The lowest BCUT2D eigenvalue weighted by atomic mass is 10.1. The third-order valence-electron chi connectivity index (χ3n) is 6.08. The average molecular weight is 486 g/mol. The molecule has 3 aromatic rings. The predicted octanol–water partition coefficient (Wildman–Crippen LogP) is 4.37. The van der Waals surface area contributed by atoms with Crippen molar-refractivity contribution in [3.05, 3.63) is 77.9 Å². The summed E-state index contributed by atoms with van der Waals surface area (Å²) in [6.45, 7) is 0.206. The third-order valence-corrected chi connectivity index (χ3v) is 6.08. The molecule has 10 heteroatoms. The van der Waals surface area contributed by atoms with Gasteiger partial charge in [-0.25, -0.2) is 4.79 Å². The zero-order valence-corrected chi connectivity index (χ0v) is 18.2. The molecule has 0 aliphatic carbocycles. The van der Waals surface area contributed by atoms with Crippen molar-refractivity contribution >= 4 is 28.5 Å². The molecule has 2 aliphatic rings. The molecule has 7 nitrogen and oxygen atoms in total. The number of carbonyl (C=O) groups is 2. The molecule has 0 bridgehead atoms. The van der Waals surface area contributed by atoms with Crippen LogP contribution in [-0.4, -0.2) is 49.6 Å². The number of ether oxygens (including phenoxy) is 3. The third kappa shape index (κ3) is 4.80. The summed E-state index contributed by atoms with van der Waals surface area (Å²) in [4.78, 5) is 25.1. The van der Waals surface area contributed by atoms with E-state index in [1.54, 1.807) is 6.07 Å². The number of alkyl halides is 3. The van der Waals surface area contributed by atoms with Crippen LogP contribution in [0.5, 0.6) is 0 Å². The van der Waals surface area contributed by atoms with Gasteiger partial charge in [0, 0.05) is 10.9 Å². The minimum atomic E-state index is -4.48. The lowest BCUT2D eigenvalue weighted by molar-refractivity contribution is -0.137. The van der Waals surface area contributed by atoms with Crippen molar-refractivity contribution in [3.63, 3.8) is 0 Å². The number of hydrogen-bond donors (Lipinski definition) is 2. The Labute approximate surface area is 198 Å².